The molecule has 4 heteroatoms. The molecule has 0 aromatic carbocycles. The molecule has 84 valence electrons. The molecule has 1 N–H and O–H groups in total. The predicted octanol–water partition coefficient (Wildman–Crippen LogP) is 1.42. The van der Waals surface area contributed by atoms with Crippen molar-refractivity contribution in [1.29, 1.82) is 0 Å². The largest absolute Gasteiger partial charge is 0.478 e. The standard InChI is InChI=1S/C11H17NO3/c1-2-9-5-3-4-8-12(9)10(13)6-7-11(14)15/h6-7,9H,2-5,8H2,1H3,(H,14,15). The molecule has 1 aliphatic heterocycles. The second-order valence-electron chi connectivity index (χ2n) is 3.76. The first-order valence-electron chi connectivity index (χ1n) is 5.36. The topological polar surface area (TPSA) is 57.6 Å². The first-order chi connectivity index (χ1) is 7.15. The summed E-state index contributed by atoms with van der Waals surface area (Å²) < 4.78 is 0. The minimum atomic E-state index is -1.08. The van der Waals surface area contributed by atoms with Crippen LogP contribution in [0.2, 0.25) is 0 Å². The van der Waals surface area contributed by atoms with Gasteiger partial charge in [-0.15, -0.1) is 0 Å². The van der Waals surface area contributed by atoms with E-state index in [4.69, 9.17) is 5.11 Å². The molecular weight excluding hydrogens is 194 g/mol. The summed E-state index contributed by atoms with van der Waals surface area (Å²) in [6.07, 6.45) is 6.20. The van der Waals surface area contributed by atoms with Gasteiger partial charge >= 0.3 is 5.97 Å². The number of carbonyl (C=O) groups excluding carboxylic acids is 1. The lowest BCUT2D eigenvalue weighted by Crippen LogP contribution is -2.42. The van der Waals surface area contributed by atoms with Crippen LogP contribution >= 0.6 is 0 Å². The van der Waals surface area contributed by atoms with Gasteiger partial charge in [-0.25, -0.2) is 4.79 Å². The van der Waals surface area contributed by atoms with Gasteiger partial charge < -0.3 is 10.0 Å². The molecule has 1 saturated heterocycles. The van der Waals surface area contributed by atoms with E-state index in [1.54, 1.807) is 4.90 Å². The van der Waals surface area contributed by atoms with Gasteiger partial charge in [0.25, 0.3) is 0 Å². The summed E-state index contributed by atoms with van der Waals surface area (Å²) in [4.78, 5) is 23.7. The van der Waals surface area contributed by atoms with Crippen LogP contribution in [-0.2, 0) is 9.59 Å². The number of nitrogens with zero attached hydrogens (tertiary/aromatic N) is 1. The summed E-state index contributed by atoms with van der Waals surface area (Å²) in [6, 6.07) is 0.282. The van der Waals surface area contributed by atoms with Crippen LogP contribution in [0, 0.1) is 0 Å². The molecule has 0 aromatic heterocycles. The third-order valence-corrected chi connectivity index (χ3v) is 2.75. The highest BCUT2D eigenvalue weighted by atomic mass is 16.4. The molecule has 1 amide bonds. The third-order valence-electron chi connectivity index (χ3n) is 2.75. The van der Waals surface area contributed by atoms with Gasteiger partial charge in [0, 0.05) is 24.7 Å². The van der Waals surface area contributed by atoms with E-state index in [0.29, 0.717) is 0 Å². The van der Waals surface area contributed by atoms with Crippen molar-refractivity contribution in [2.45, 2.75) is 38.6 Å². The van der Waals surface area contributed by atoms with Crippen LogP contribution in [0.4, 0.5) is 0 Å². The molecule has 0 saturated carbocycles. The lowest BCUT2D eigenvalue weighted by molar-refractivity contribution is -0.133. The van der Waals surface area contributed by atoms with E-state index in [-0.39, 0.29) is 11.9 Å². The van der Waals surface area contributed by atoms with Crippen LogP contribution < -0.4 is 0 Å². The van der Waals surface area contributed by atoms with E-state index in [2.05, 4.69) is 6.92 Å². The first kappa shape index (κ1) is 11.8. The predicted molar refractivity (Wildman–Crippen MR) is 56.4 cm³/mol. The molecule has 1 atom stereocenters. The molecule has 0 aromatic rings. The zero-order valence-electron chi connectivity index (χ0n) is 8.98. The van der Waals surface area contributed by atoms with Crippen LogP contribution in [0.3, 0.4) is 0 Å². The molecule has 0 bridgehead atoms. The summed E-state index contributed by atoms with van der Waals surface area (Å²) in [7, 11) is 0. The van der Waals surface area contributed by atoms with Crippen molar-refractivity contribution in [2.75, 3.05) is 6.54 Å². The Morgan fingerprint density at radius 1 is 1.40 bits per heavy atom. The van der Waals surface area contributed by atoms with Gasteiger partial charge in [-0.05, 0) is 25.7 Å². The Bertz CT molecular complexity index is 273. The Balaban J connectivity index is 2.59. The summed E-state index contributed by atoms with van der Waals surface area (Å²) in [5.41, 5.74) is 0. The van der Waals surface area contributed by atoms with Crippen molar-refractivity contribution in [3.63, 3.8) is 0 Å². The van der Waals surface area contributed by atoms with Crippen LogP contribution in [0.1, 0.15) is 32.6 Å². The van der Waals surface area contributed by atoms with Crippen LogP contribution in [0.5, 0.6) is 0 Å². The lowest BCUT2D eigenvalue weighted by atomic mass is 10.00. The minimum absolute atomic E-state index is 0.177. The second-order valence-corrected chi connectivity index (χ2v) is 3.76. The number of piperidine rings is 1. The molecule has 1 unspecified atom stereocenters. The third kappa shape index (κ3) is 3.38. The first-order valence-corrected chi connectivity index (χ1v) is 5.36. The number of carboxylic acid groups (broad SMARTS) is 1. The van der Waals surface area contributed by atoms with Crippen molar-refractivity contribution >= 4 is 11.9 Å². The summed E-state index contributed by atoms with van der Waals surface area (Å²) in [5, 5.41) is 8.43. The van der Waals surface area contributed by atoms with E-state index < -0.39 is 5.97 Å². The highest BCUT2D eigenvalue weighted by Gasteiger charge is 2.23. The van der Waals surface area contributed by atoms with Gasteiger partial charge in [0.2, 0.25) is 5.91 Å². The van der Waals surface area contributed by atoms with Gasteiger partial charge in [-0.2, -0.15) is 0 Å². The number of amides is 1. The van der Waals surface area contributed by atoms with Crippen molar-refractivity contribution in [2.24, 2.45) is 0 Å². The summed E-state index contributed by atoms with van der Waals surface area (Å²) in [6.45, 7) is 2.80. The number of aliphatic carboxylic acids is 1. The number of carboxylic acids is 1. The molecule has 15 heavy (non-hydrogen) atoms. The van der Waals surface area contributed by atoms with E-state index in [9.17, 15) is 9.59 Å². The quantitative estimate of drug-likeness (QED) is 0.718. The lowest BCUT2D eigenvalue weighted by Gasteiger charge is -2.34. The highest BCUT2D eigenvalue weighted by Crippen LogP contribution is 2.19. The van der Waals surface area contributed by atoms with Gasteiger partial charge in [-0.3, -0.25) is 4.79 Å². The average molecular weight is 211 g/mol. The summed E-state index contributed by atoms with van der Waals surface area (Å²) >= 11 is 0. The van der Waals surface area contributed by atoms with Gasteiger partial charge in [-0.1, -0.05) is 6.92 Å². The van der Waals surface area contributed by atoms with Crippen LogP contribution in [0.25, 0.3) is 0 Å². The van der Waals surface area contributed by atoms with Crippen molar-refractivity contribution in [3.05, 3.63) is 12.2 Å². The number of hydrogen-bond donors (Lipinski definition) is 1. The van der Waals surface area contributed by atoms with Crippen LogP contribution in [0.15, 0.2) is 12.2 Å². The number of likely N-dealkylation sites (tertiary alicyclic amines) is 1. The normalized spacial score (nSPS) is 21.9. The fraction of sp³-hybridized carbons (Fsp3) is 0.636. The highest BCUT2D eigenvalue weighted by molar-refractivity contribution is 5.94. The molecule has 0 spiro atoms. The van der Waals surface area contributed by atoms with Crippen molar-refractivity contribution < 1.29 is 14.7 Å². The monoisotopic (exact) mass is 211 g/mol. The van der Waals surface area contributed by atoms with Crippen molar-refractivity contribution in [1.82, 2.24) is 4.90 Å². The van der Waals surface area contributed by atoms with E-state index in [1.165, 1.54) is 0 Å². The molecular formula is C11H17NO3. The Morgan fingerprint density at radius 3 is 2.73 bits per heavy atom. The smallest absolute Gasteiger partial charge is 0.328 e. The zero-order valence-corrected chi connectivity index (χ0v) is 8.98. The Hall–Kier alpha value is -1.32. The Morgan fingerprint density at radius 2 is 2.13 bits per heavy atom. The van der Waals surface area contributed by atoms with E-state index in [1.807, 2.05) is 0 Å². The van der Waals surface area contributed by atoms with E-state index >= 15 is 0 Å². The SMILES string of the molecule is CCC1CCCCN1C(=O)C=CC(=O)O. The molecule has 0 radical (unpaired) electrons. The maximum atomic E-state index is 11.6. The molecule has 1 fully saturated rings. The zero-order chi connectivity index (χ0) is 11.3. The Kier molecular flexibility index (Phi) is 4.34. The molecule has 1 rings (SSSR count). The van der Waals surface area contributed by atoms with Gasteiger partial charge in [0.15, 0.2) is 0 Å². The number of carbonyl (C=O) groups is 2. The molecule has 1 aliphatic rings. The van der Waals surface area contributed by atoms with Gasteiger partial charge in [0.1, 0.15) is 0 Å². The maximum absolute atomic E-state index is 11.6. The average Bonchev–Trinajstić information content (AvgIpc) is 2.25. The van der Waals surface area contributed by atoms with Gasteiger partial charge in [0.05, 0.1) is 0 Å². The number of hydrogen-bond acceptors (Lipinski definition) is 2. The molecule has 4 nitrogen and oxygen atoms in total. The number of rotatable bonds is 3. The fourth-order valence-electron chi connectivity index (χ4n) is 1.95. The Labute approximate surface area is 89.6 Å². The van der Waals surface area contributed by atoms with Crippen molar-refractivity contribution in [3.8, 4) is 0 Å². The summed E-state index contributed by atoms with van der Waals surface area (Å²) in [5.74, 6) is -1.25. The molecule has 0 aliphatic carbocycles. The fourth-order valence-corrected chi connectivity index (χ4v) is 1.95. The second kappa shape index (κ2) is 5.53. The molecule has 1 heterocycles. The maximum Gasteiger partial charge on any atom is 0.328 e. The van der Waals surface area contributed by atoms with Crippen LogP contribution in [-0.4, -0.2) is 34.5 Å². The minimum Gasteiger partial charge on any atom is -0.478 e. The van der Waals surface area contributed by atoms with E-state index in [0.717, 1.165) is 44.4 Å².